The molecule has 4 heterocycles. The van der Waals surface area contributed by atoms with Crippen LogP contribution < -0.4 is 4.90 Å². The summed E-state index contributed by atoms with van der Waals surface area (Å²) in [6.45, 7) is 5.33. The Morgan fingerprint density at radius 2 is 2.00 bits per heavy atom. The van der Waals surface area contributed by atoms with Crippen molar-refractivity contribution >= 4 is 22.8 Å². The van der Waals surface area contributed by atoms with Crippen LogP contribution in [0, 0.1) is 18.7 Å². The van der Waals surface area contributed by atoms with E-state index in [-0.39, 0.29) is 23.7 Å². The normalized spacial score (nSPS) is 19.5. The SMILES string of the molecule is Cc1nc(N2CCC(C(=O)N3CCC[C@H](OCc4cccnc4)C3)CC2)nc2ccc(F)cc12. The van der Waals surface area contributed by atoms with Crippen molar-refractivity contribution in [2.75, 3.05) is 31.1 Å². The first-order valence-electron chi connectivity index (χ1n) is 12.0. The van der Waals surface area contributed by atoms with Gasteiger partial charge in [-0.3, -0.25) is 9.78 Å². The molecule has 7 nitrogen and oxygen atoms in total. The number of piperidine rings is 2. The number of pyridine rings is 1. The van der Waals surface area contributed by atoms with Gasteiger partial charge in [-0.2, -0.15) is 0 Å². The number of fused-ring (bicyclic) bond motifs is 1. The molecule has 2 aliphatic rings. The highest BCUT2D eigenvalue weighted by atomic mass is 19.1. The van der Waals surface area contributed by atoms with Gasteiger partial charge in [0.15, 0.2) is 0 Å². The lowest BCUT2D eigenvalue weighted by atomic mass is 9.94. The van der Waals surface area contributed by atoms with Crippen molar-refractivity contribution < 1.29 is 13.9 Å². The Morgan fingerprint density at radius 3 is 2.79 bits per heavy atom. The average molecular weight is 464 g/mol. The third kappa shape index (κ3) is 5.01. The molecule has 2 aliphatic heterocycles. The van der Waals surface area contributed by atoms with Crippen LogP contribution >= 0.6 is 0 Å². The number of rotatable bonds is 5. The molecule has 2 fully saturated rings. The van der Waals surface area contributed by atoms with Crippen LogP contribution in [0.3, 0.4) is 0 Å². The smallest absolute Gasteiger partial charge is 0.226 e. The second-order valence-corrected chi connectivity index (χ2v) is 9.25. The number of halogens is 1. The fourth-order valence-corrected chi connectivity index (χ4v) is 4.94. The van der Waals surface area contributed by atoms with Crippen molar-refractivity contribution in [1.82, 2.24) is 19.9 Å². The Kier molecular flexibility index (Phi) is 6.67. The molecule has 0 aliphatic carbocycles. The average Bonchev–Trinajstić information content (AvgIpc) is 2.88. The lowest BCUT2D eigenvalue weighted by molar-refractivity contribution is -0.140. The van der Waals surface area contributed by atoms with E-state index in [0.717, 1.165) is 67.5 Å². The predicted molar refractivity (Wildman–Crippen MR) is 128 cm³/mol. The summed E-state index contributed by atoms with van der Waals surface area (Å²) in [5.74, 6) is 0.627. The number of carbonyl (C=O) groups is 1. The number of amides is 1. The van der Waals surface area contributed by atoms with E-state index in [9.17, 15) is 9.18 Å². The molecule has 0 unspecified atom stereocenters. The monoisotopic (exact) mass is 463 g/mol. The van der Waals surface area contributed by atoms with Gasteiger partial charge in [0.25, 0.3) is 0 Å². The molecule has 1 aromatic carbocycles. The summed E-state index contributed by atoms with van der Waals surface area (Å²) in [5, 5.41) is 0.735. The number of likely N-dealkylation sites (tertiary alicyclic amines) is 1. The fraction of sp³-hybridized carbons (Fsp3) is 0.462. The van der Waals surface area contributed by atoms with E-state index < -0.39 is 0 Å². The van der Waals surface area contributed by atoms with Crippen LogP contribution in [0.4, 0.5) is 10.3 Å². The van der Waals surface area contributed by atoms with Crippen molar-refractivity contribution in [3.8, 4) is 0 Å². The maximum Gasteiger partial charge on any atom is 0.226 e. The van der Waals surface area contributed by atoms with Gasteiger partial charge in [0.1, 0.15) is 5.82 Å². The first kappa shape index (κ1) is 22.7. The molecule has 5 rings (SSSR count). The maximum atomic E-state index is 13.6. The van der Waals surface area contributed by atoms with Crippen molar-refractivity contribution in [3.63, 3.8) is 0 Å². The third-order valence-corrected chi connectivity index (χ3v) is 6.86. The van der Waals surface area contributed by atoms with Gasteiger partial charge in [-0.05, 0) is 62.4 Å². The molecular weight excluding hydrogens is 433 g/mol. The number of nitrogens with zero attached hydrogens (tertiary/aromatic N) is 5. The molecule has 0 saturated carbocycles. The highest BCUT2D eigenvalue weighted by molar-refractivity contribution is 5.82. The van der Waals surface area contributed by atoms with Gasteiger partial charge in [0.05, 0.1) is 23.9 Å². The molecular formula is C26H30FN5O2. The molecule has 1 atom stereocenters. The van der Waals surface area contributed by atoms with Crippen molar-refractivity contribution in [2.45, 2.75) is 45.3 Å². The summed E-state index contributed by atoms with van der Waals surface area (Å²) in [5.41, 5.74) is 2.56. The quantitative estimate of drug-likeness (QED) is 0.572. The number of hydrogen-bond acceptors (Lipinski definition) is 6. The van der Waals surface area contributed by atoms with Crippen LogP contribution in [-0.2, 0) is 16.1 Å². The van der Waals surface area contributed by atoms with Crippen LogP contribution in [0.1, 0.15) is 36.9 Å². The summed E-state index contributed by atoms with van der Waals surface area (Å²) in [7, 11) is 0. The molecule has 8 heteroatoms. The van der Waals surface area contributed by atoms with E-state index in [1.807, 2.05) is 30.2 Å². The maximum absolute atomic E-state index is 13.6. The van der Waals surface area contributed by atoms with Gasteiger partial charge in [-0.1, -0.05) is 6.07 Å². The molecule has 2 saturated heterocycles. The Bertz CT molecular complexity index is 1150. The molecule has 34 heavy (non-hydrogen) atoms. The fourth-order valence-electron chi connectivity index (χ4n) is 4.94. The summed E-state index contributed by atoms with van der Waals surface area (Å²) in [6, 6.07) is 8.52. The standard InChI is InChI=1S/C26H30FN5O2/c1-18-23-14-21(27)6-7-24(23)30-26(29-18)31-12-8-20(9-13-31)25(33)32-11-3-5-22(16-32)34-17-19-4-2-10-28-15-19/h2,4,6-7,10,14-15,20,22H,3,5,8-9,11-13,16-17H2,1H3/t22-/m0/s1. The Morgan fingerprint density at radius 1 is 1.15 bits per heavy atom. The number of aryl methyl sites for hydroxylation is 1. The molecule has 3 aromatic rings. The van der Waals surface area contributed by atoms with E-state index in [0.29, 0.717) is 19.1 Å². The summed E-state index contributed by atoms with van der Waals surface area (Å²) >= 11 is 0. The van der Waals surface area contributed by atoms with E-state index >= 15 is 0 Å². The summed E-state index contributed by atoms with van der Waals surface area (Å²) < 4.78 is 19.7. The van der Waals surface area contributed by atoms with Crippen molar-refractivity contribution in [2.24, 2.45) is 5.92 Å². The number of anilines is 1. The van der Waals surface area contributed by atoms with E-state index in [2.05, 4.69) is 19.9 Å². The Balaban J connectivity index is 1.16. The number of hydrogen-bond donors (Lipinski definition) is 0. The van der Waals surface area contributed by atoms with Gasteiger partial charge in [0.2, 0.25) is 11.9 Å². The Labute approximate surface area is 199 Å². The highest BCUT2D eigenvalue weighted by Gasteiger charge is 2.32. The number of ether oxygens (including phenoxy) is 1. The van der Waals surface area contributed by atoms with Gasteiger partial charge in [-0.25, -0.2) is 14.4 Å². The first-order valence-corrected chi connectivity index (χ1v) is 12.0. The van der Waals surface area contributed by atoms with Crippen LogP contribution in [0.15, 0.2) is 42.7 Å². The van der Waals surface area contributed by atoms with E-state index in [1.165, 1.54) is 12.1 Å². The molecule has 0 bridgehead atoms. The molecule has 2 aromatic heterocycles. The van der Waals surface area contributed by atoms with Crippen LogP contribution in [0.25, 0.3) is 10.9 Å². The second kappa shape index (κ2) is 10.0. The van der Waals surface area contributed by atoms with E-state index in [1.54, 1.807) is 12.3 Å². The minimum absolute atomic E-state index is 0.0176. The topological polar surface area (TPSA) is 71.5 Å². The zero-order valence-corrected chi connectivity index (χ0v) is 19.5. The molecule has 0 radical (unpaired) electrons. The van der Waals surface area contributed by atoms with Gasteiger partial charge in [-0.15, -0.1) is 0 Å². The molecule has 0 spiro atoms. The minimum Gasteiger partial charge on any atom is -0.372 e. The second-order valence-electron chi connectivity index (χ2n) is 9.25. The number of benzene rings is 1. The van der Waals surface area contributed by atoms with Crippen molar-refractivity contribution in [3.05, 3.63) is 59.8 Å². The van der Waals surface area contributed by atoms with Gasteiger partial charge >= 0.3 is 0 Å². The summed E-state index contributed by atoms with van der Waals surface area (Å²) in [6.07, 6.45) is 7.14. The number of carbonyl (C=O) groups excluding carboxylic acids is 1. The molecule has 0 N–H and O–H groups in total. The lowest BCUT2D eigenvalue weighted by Crippen LogP contribution is -2.48. The van der Waals surface area contributed by atoms with Crippen LogP contribution in [0.2, 0.25) is 0 Å². The minimum atomic E-state index is -0.284. The van der Waals surface area contributed by atoms with E-state index in [4.69, 9.17) is 4.74 Å². The Hall–Kier alpha value is -3.13. The molecule has 1 amide bonds. The van der Waals surface area contributed by atoms with Crippen LogP contribution in [-0.4, -0.2) is 58.0 Å². The first-order chi connectivity index (χ1) is 16.6. The molecule has 178 valence electrons. The third-order valence-electron chi connectivity index (χ3n) is 6.86. The largest absolute Gasteiger partial charge is 0.372 e. The highest BCUT2D eigenvalue weighted by Crippen LogP contribution is 2.27. The lowest BCUT2D eigenvalue weighted by Gasteiger charge is -2.37. The van der Waals surface area contributed by atoms with Crippen LogP contribution in [0.5, 0.6) is 0 Å². The summed E-state index contributed by atoms with van der Waals surface area (Å²) in [4.78, 5) is 30.8. The van der Waals surface area contributed by atoms with Crippen molar-refractivity contribution in [1.29, 1.82) is 0 Å². The predicted octanol–water partition coefficient (Wildman–Crippen LogP) is 3.90. The van der Waals surface area contributed by atoms with Gasteiger partial charge in [0, 0.05) is 49.9 Å². The van der Waals surface area contributed by atoms with Gasteiger partial charge < -0.3 is 14.5 Å². The zero-order chi connectivity index (χ0) is 23.5. The number of aromatic nitrogens is 3. The zero-order valence-electron chi connectivity index (χ0n) is 19.5.